The summed E-state index contributed by atoms with van der Waals surface area (Å²) in [5.74, 6) is 1.86. The van der Waals surface area contributed by atoms with E-state index in [0.29, 0.717) is 5.41 Å². The van der Waals surface area contributed by atoms with E-state index in [4.69, 9.17) is 4.42 Å². The van der Waals surface area contributed by atoms with E-state index >= 15 is 0 Å². The molecule has 1 fully saturated rings. The Kier molecular flexibility index (Phi) is 4.84. The van der Waals surface area contributed by atoms with E-state index in [0.717, 1.165) is 31.2 Å². The van der Waals surface area contributed by atoms with E-state index in [-0.39, 0.29) is 0 Å². The van der Waals surface area contributed by atoms with Gasteiger partial charge in [-0.05, 0) is 49.4 Å². The molecule has 3 nitrogen and oxygen atoms in total. The minimum Gasteiger partial charge on any atom is -0.469 e. The number of rotatable bonds is 6. The summed E-state index contributed by atoms with van der Waals surface area (Å²) >= 11 is 0. The molecule has 1 saturated heterocycles. The lowest BCUT2D eigenvalue weighted by atomic mass is 9.75. The Balaban J connectivity index is 1.67. The lowest BCUT2D eigenvalue weighted by molar-refractivity contribution is 0.167. The van der Waals surface area contributed by atoms with Crippen LogP contribution in [0.4, 0.5) is 0 Å². The summed E-state index contributed by atoms with van der Waals surface area (Å²) in [5, 5.41) is 7.08. The Morgan fingerprint density at radius 2 is 2.39 bits per heavy atom. The summed E-state index contributed by atoms with van der Waals surface area (Å²) in [6.07, 6.45) is 5.40. The van der Waals surface area contributed by atoms with Crippen molar-refractivity contribution in [3.8, 4) is 0 Å². The van der Waals surface area contributed by atoms with Gasteiger partial charge >= 0.3 is 0 Å². The topological polar surface area (TPSA) is 37.2 Å². The first-order valence-corrected chi connectivity index (χ1v) is 7.12. The first-order chi connectivity index (χ1) is 8.68. The van der Waals surface area contributed by atoms with Crippen molar-refractivity contribution < 1.29 is 4.42 Å². The van der Waals surface area contributed by atoms with Crippen LogP contribution < -0.4 is 10.6 Å². The number of hydrogen-bond donors (Lipinski definition) is 2. The van der Waals surface area contributed by atoms with Crippen LogP contribution in [0.5, 0.6) is 0 Å². The number of piperidine rings is 1. The summed E-state index contributed by atoms with van der Waals surface area (Å²) in [4.78, 5) is 0. The molecular formula is C15H26N2O. The van der Waals surface area contributed by atoms with Gasteiger partial charge in [-0.25, -0.2) is 0 Å². The van der Waals surface area contributed by atoms with Gasteiger partial charge in [0.25, 0.3) is 0 Å². The highest BCUT2D eigenvalue weighted by Gasteiger charge is 2.29. The molecule has 102 valence electrons. The fraction of sp³-hybridized carbons (Fsp3) is 0.733. The van der Waals surface area contributed by atoms with Crippen LogP contribution in [-0.4, -0.2) is 26.2 Å². The molecule has 1 unspecified atom stereocenters. The van der Waals surface area contributed by atoms with Crippen LogP contribution in [0, 0.1) is 11.3 Å². The quantitative estimate of drug-likeness (QED) is 0.762. The summed E-state index contributed by atoms with van der Waals surface area (Å²) in [5.41, 5.74) is 0.372. The zero-order valence-electron chi connectivity index (χ0n) is 11.7. The second-order valence-corrected chi connectivity index (χ2v) is 6.04. The maximum Gasteiger partial charge on any atom is 0.105 e. The van der Waals surface area contributed by atoms with Crippen molar-refractivity contribution in [3.05, 3.63) is 24.2 Å². The van der Waals surface area contributed by atoms with Crippen LogP contribution in [0.15, 0.2) is 22.8 Å². The second kappa shape index (κ2) is 6.39. The van der Waals surface area contributed by atoms with Crippen LogP contribution in [0.25, 0.3) is 0 Å². The van der Waals surface area contributed by atoms with Crippen LogP contribution in [0.2, 0.25) is 0 Å². The van der Waals surface area contributed by atoms with E-state index in [9.17, 15) is 0 Å². The van der Waals surface area contributed by atoms with Gasteiger partial charge in [0.05, 0.1) is 6.26 Å². The molecule has 0 aromatic carbocycles. The van der Waals surface area contributed by atoms with Crippen molar-refractivity contribution in [2.45, 2.75) is 33.1 Å². The molecule has 1 atom stereocenters. The molecule has 2 N–H and O–H groups in total. The molecule has 0 saturated carbocycles. The molecule has 1 aliphatic heterocycles. The predicted molar refractivity (Wildman–Crippen MR) is 74.7 cm³/mol. The molecule has 1 aromatic rings. The molecule has 1 aliphatic rings. The minimum absolute atomic E-state index is 0.372. The van der Waals surface area contributed by atoms with Gasteiger partial charge in [-0.2, -0.15) is 0 Å². The van der Waals surface area contributed by atoms with E-state index < -0.39 is 0 Å². The highest BCUT2D eigenvalue weighted by molar-refractivity contribution is 4.98. The van der Waals surface area contributed by atoms with Crippen molar-refractivity contribution in [1.29, 1.82) is 0 Å². The molecule has 2 rings (SSSR count). The third kappa shape index (κ3) is 3.85. The van der Waals surface area contributed by atoms with E-state index in [1.165, 1.54) is 25.9 Å². The predicted octanol–water partition coefficient (Wildman–Crippen LogP) is 2.44. The lowest BCUT2D eigenvalue weighted by Gasteiger charge is -2.37. The molecule has 18 heavy (non-hydrogen) atoms. The average Bonchev–Trinajstić information content (AvgIpc) is 2.89. The largest absolute Gasteiger partial charge is 0.469 e. The Morgan fingerprint density at radius 1 is 1.50 bits per heavy atom. The molecular weight excluding hydrogens is 224 g/mol. The van der Waals surface area contributed by atoms with Crippen molar-refractivity contribution in [1.82, 2.24) is 10.6 Å². The zero-order valence-corrected chi connectivity index (χ0v) is 11.7. The summed E-state index contributed by atoms with van der Waals surface area (Å²) in [6.45, 7) is 9.21. The summed E-state index contributed by atoms with van der Waals surface area (Å²) < 4.78 is 5.33. The maximum atomic E-state index is 5.33. The van der Waals surface area contributed by atoms with Gasteiger partial charge in [-0.15, -0.1) is 0 Å². The molecule has 1 aromatic heterocycles. The van der Waals surface area contributed by atoms with Gasteiger partial charge in [0, 0.05) is 19.5 Å². The standard InChI is InChI=1S/C15H26N2O/c1-15(2,13-5-3-8-16-11-13)12-17-9-7-14-6-4-10-18-14/h4,6,10,13,16-17H,3,5,7-9,11-12H2,1-2H3. The van der Waals surface area contributed by atoms with Crippen molar-refractivity contribution in [3.63, 3.8) is 0 Å². The summed E-state index contributed by atoms with van der Waals surface area (Å²) in [7, 11) is 0. The molecule has 0 radical (unpaired) electrons. The Labute approximate surface area is 110 Å². The third-order valence-electron chi connectivity index (χ3n) is 4.11. The molecule has 0 bridgehead atoms. The molecule has 0 aliphatic carbocycles. The zero-order chi connectivity index (χ0) is 12.8. The molecule has 0 amide bonds. The normalized spacial score (nSPS) is 21.1. The number of hydrogen-bond acceptors (Lipinski definition) is 3. The number of furan rings is 1. The highest BCUT2D eigenvalue weighted by Crippen LogP contribution is 2.30. The molecule has 0 spiro atoms. The van der Waals surface area contributed by atoms with Crippen LogP contribution in [0.3, 0.4) is 0 Å². The van der Waals surface area contributed by atoms with Crippen molar-refractivity contribution in [2.75, 3.05) is 26.2 Å². The Hall–Kier alpha value is -0.800. The molecule has 2 heterocycles. The first kappa shape index (κ1) is 13.6. The lowest BCUT2D eigenvalue weighted by Crippen LogP contribution is -2.43. The van der Waals surface area contributed by atoms with Gasteiger partial charge in [-0.1, -0.05) is 13.8 Å². The smallest absolute Gasteiger partial charge is 0.105 e. The molecule has 3 heteroatoms. The highest BCUT2D eigenvalue weighted by atomic mass is 16.3. The fourth-order valence-corrected chi connectivity index (χ4v) is 2.74. The van der Waals surface area contributed by atoms with Gasteiger partial charge in [0.1, 0.15) is 5.76 Å². The van der Waals surface area contributed by atoms with Gasteiger partial charge in [-0.3, -0.25) is 0 Å². The monoisotopic (exact) mass is 250 g/mol. The third-order valence-corrected chi connectivity index (χ3v) is 4.11. The Bertz CT molecular complexity index is 326. The van der Waals surface area contributed by atoms with Gasteiger partial charge < -0.3 is 15.1 Å². The van der Waals surface area contributed by atoms with Crippen molar-refractivity contribution >= 4 is 0 Å². The average molecular weight is 250 g/mol. The van der Waals surface area contributed by atoms with Crippen LogP contribution in [0.1, 0.15) is 32.4 Å². The van der Waals surface area contributed by atoms with E-state index in [1.54, 1.807) is 6.26 Å². The van der Waals surface area contributed by atoms with Crippen LogP contribution in [-0.2, 0) is 6.42 Å². The van der Waals surface area contributed by atoms with E-state index in [2.05, 4.69) is 24.5 Å². The maximum absolute atomic E-state index is 5.33. The van der Waals surface area contributed by atoms with Crippen molar-refractivity contribution in [2.24, 2.45) is 11.3 Å². The van der Waals surface area contributed by atoms with Gasteiger partial charge in [0.15, 0.2) is 0 Å². The first-order valence-electron chi connectivity index (χ1n) is 7.12. The Morgan fingerprint density at radius 3 is 3.06 bits per heavy atom. The number of nitrogens with one attached hydrogen (secondary N) is 2. The van der Waals surface area contributed by atoms with E-state index in [1.807, 2.05) is 12.1 Å². The fourth-order valence-electron chi connectivity index (χ4n) is 2.74. The second-order valence-electron chi connectivity index (χ2n) is 6.04. The SMILES string of the molecule is CC(C)(CNCCc1ccco1)C1CCCNC1. The van der Waals surface area contributed by atoms with Gasteiger partial charge in [0.2, 0.25) is 0 Å². The minimum atomic E-state index is 0.372. The summed E-state index contributed by atoms with van der Waals surface area (Å²) in [6, 6.07) is 3.99. The van der Waals surface area contributed by atoms with Crippen LogP contribution >= 0.6 is 0 Å².